The maximum absolute atomic E-state index is 12.6. The molecular formula is C21H46NO4P. The van der Waals surface area contributed by atoms with E-state index in [0.717, 1.165) is 12.8 Å². The molecule has 0 saturated heterocycles. The van der Waals surface area contributed by atoms with Crippen LogP contribution in [-0.2, 0) is 18.1 Å². The van der Waals surface area contributed by atoms with Gasteiger partial charge in [-0.3, -0.25) is 13.6 Å². The molecule has 0 aromatic rings. The van der Waals surface area contributed by atoms with E-state index < -0.39 is 14.1 Å². The fourth-order valence-electron chi connectivity index (χ4n) is 3.03. The van der Waals surface area contributed by atoms with E-state index in [1.807, 2.05) is 13.8 Å². The van der Waals surface area contributed by atoms with Crippen molar-refractivity contribution in [2.45, 2.75) is 130 Å². The molecule has 0 rings (SSSR count). The molecule has 0 saturated carbocycles. The zero-order valence-corrected chi connectivity index (χ0v) is 19.3. The van der Waals surface area contributed by atoms with E-state index in [0.29, 0.717) is 6.42 Å². The van der Waals surface area contributed by atoms with Crippen molar-refractivity contribution in [2.75, 3.05) is 6.61 Å². The summed E-state index contributed by atoms with van der Waals surface area (Å²) in [5, 5.41) is 0. The first kappa shape index (κ1) is 27.1. The van der Waals surface area contributed by atoms with Gasteiger partial charge in [-0.2, -0.15) is 0 Å². The van der Waals surface area contributed by atoms with Gasteiger partial charge in [-0.15, -0.1) is 0 Å². The smallest absolute Gasteiger partial charge is 0.306 e. The summed E-state index contributed by atoms with van der Waals surface area (Å²) in [6.45, 7) is 8.10. The molecule has 0 aromatic heterocycles. The second-order valence-corrected chi connectivity index (χ2v) is 9.09. The first-order valence-electron chi connectivity index (χ1n) is 11.3. The maximum Gasteiger partial charge on any atom is 0.476 e. The van der Waals surface area contributed by atoms with Gasteiger partial charge in [0.2, 0.25) is 0 Å². The van der Waals surface area contributed by atoms with E-state index in [2.05, 4.69) is 6.92 Å². The molecule has 0 bridgehead atoms. The van der Waals surface area contributed by atoms with Crippen molar-refractivity contribution < 1.29 is 18.1 Å². The van der Waals surface area contributed by atoms with E-state index in [-0.39, 0.29) is 12.7 Å². The normalized spacial score (nSPS) is 16.2. The first-order chi connectivity index (χ1) is 13.0. The minimum Gasteiger partial charge on any atom is -0.306 e. The molecule has 0 aromatic carbocycles. The second kappa shape index (κ2) is 18.1. The summed E-state index contributed by atoms with van der Waals surface area (Å²) < 4.78 is 28.7. The minimum absolute atomic E-state index is 0.158. The number of hydrogen-bond acceptors (Lipinski definition) is 5. The van der Waals surface area contributed by atoms with E-state index in [4.69, 9.17) is 19.3 Å². The van der Waals surface area contributed by atoms with Gasteiger partial charge in [-0.05, 0) is 26.7 Å². The summed E-state index contributed by atoms with van der Waals surface area (Å²) in [5.41, 5.74) is 5.73. The lowest BCUT2D eigenvalue weighted by Crippen LogP contribution is -2.23. The molecular weight excluding hydrogens is 361 g/mol. The molecule has 0 fully saturated rings. The van der Waals surface area contributed by atoms with Gasteiger partial charge in [0.05, 0.1) is 12.7 Å². The number of hydrogen-bond donors (Lipinski definition) is 1. The fourth-order valence-corrected chi connectivity index (χ4v) is 4.54. The van der Waals surface area contributed by atoms with Gasteiger partial charge in [0, 0.05) is 0 Å². The van der Waals surface area contributed by atoms with Gasteiger partial charge < -0.3 is 5.73 Å². The van der Waals surface area contributed by atoms with Crippen LogP contribution in [0.25, 0.3) is 0 Å². The minimum atomic E-state index is -3.56. The number of phosphoric ester groups is 1. The van der Waals surface area contributed by atoms with Gasteiger partial charge in [-0.25, -0.2) is 4.57 Å². The predicted molar refractivity (Wildman–Crippen MR) is 115 cm³/mol. The number of phosphoric acid groups is 1. The molecule has 0 amide bonds. The van der Waals surface area contributed by atoms with Crippen LogP contribution >= 0.6 is 7.82 Å². The van der Waals surface area contributed by atoms with Crippen molar-refractivity contribution in [3.05, 3.63) is 0 Å². The average molecular weight is 408 g/mol. The fraction of sp³-hybridized carbons (Fsp3) is 1.00. The maximum atomic E-state index is 12.6. The van der Waals surface area contributed by atoms with Crippen LogP contribution in [0.3, 0.4) is 0 Å². The third kappa shape index (κ3) is 16.7. The van der Waals surface area contributed by atoms with Crippen LogP contribution in [-0.4, -0.2) is 18.9 Å². The van der Waals surface area contributed by atoms with Crippen molar-refractivity contribution in [1.82, 2.24) is 0 Å². The van der Waals surface area contributed by atoms with Crippen molar-refractivity contribution in [3.8, 4) is 0 Å². The van der Waals surface area contributed by atoms with Crippen LogP contribution in [0.2, 0.25) is 0 Å². The summed E-state index contributed by atoms with van der Waals surface area (Å²) in [7, 11) is -3.56. The molecule has 3 unspecified atom stereocenters. The lowest BCUT2D eigenvalue weighted by molar-refractivity contribution is 0.0569. The standard InChI is InChI=1S/C21H46NO4P/c1-5-8-9-10-11-12-13-14-15-16-17-18-19-20(4)25-27(23,24-7-3)26-21(22)6-2/h20-21H,5-19,22H2,1-4H3. The van der Waals surface area contributed by atoms with E-state index >= 15 is 0 Å². The first-order valence-corrected chi connectivity index (χ1v) is 12.8. The summed E-state index contributed by atoms with van der Waals surface area (Å²) >= 11 is 0. The summed E-state index contributed by atoms with van der Waals surface area (Å²) in [6, 6.07) is 0. The monoisotopic (exact) mass is 407 g/mol. The molecule has 0 radical (unpaired) electrons. The van der Waals surface area contributed by atoms with Crippen molar-refractivity contribution >= 4 is 7.82 Å². The Balaban J connectivity index is 3.69. The number of nitrogens with two attached hydrogens (primary N) is 1. The Hall–Kier alpha value is 0.0700. The second-order valence-electron chi connectivity index (χ2n) is 7.51. The lowest BCUT2D eigenvalue weighted by atomic mass is 10.0. The van der Waals surface area contributed by atoms with Crippen LogP contribution in [0.15, 0.2) is 0 Å². The Bertz CT molecular complexity index is 368. The number of rotatable bonds is 20. The van der Waals surface area contributed by atoms with Crippen LogP contribution < -0.4 is 5.73 Å². The predicted octanol–water partition coefficient (Wildman–Crippen LogP) is 7.34. The van der Waals surface area contributed by atoms with Gasteiger partial charge in [0.1, 0.15) is 6.23 Å². The molecule has 0 spiro atoms. The zero-order chi connectivity index (χ0) is 20.4. The quantitative estimate of drug-likeness (QED) is 0.130. The highest BCUT2D eigenvalue weighted by Crippen LogP contribution is 2.51. The Labute approximate surface area is 168 Å². The third-order valence-electron chi connectivity index (χ3n) is 4.73. The van der Waals surface area contributed by atoms with Gasteiger partial charge >= 0.3 is 7.82 Å². The van der Waals surface area contributed by atoms with Gasteiger partial charge in [0.15, 0.2) is 0 Å². The SMILES string of the molecule is CCCCCCCCCCCCCCC(C)OP(=O)(OCC)OC(N)CC. The largest absolute Gasteiger partial charge is 0.476 e. The van der Waals surface area contributed by atoms with E-state index in [1.54, 1.807) is 6.92 Å². The zero-order valence-electron chi connectivity index (χ0n) is 18.4. The highest BCUT2D eigenvalue weighted by atomic mass is 31.2. The molecule has 3 atom stereocenters. The molecule has 0 aliphatic rings. The van der Waals surface area contributed by atoms with E-state index in [1.165, 1.54) is 70.6 Å². The van der Waals surface area contributed by atoms with E-state index in [9.17, 15) is 4.57 Å². The molecule has 0 aliphatic carbocycles. The van der Waals surface area contributed by atoms with Crippen LogP contribution in [0.4, 0.5) is 0 Å². The van der Waals surface area contributed by atoms with Gasteiger partial charge in [-0.1, -0.05) is 90.9 Å². The molecule has 0 heterocycles. The van der Waals surface area contributed by atoms with Crippen molar-refractivity contribution in [2.24, 2.45) is 5.73 Å². The van der Waals surface area contributed by atoms with Crippen LogP contribution in [0.5, 0.6) is 0 Å². The summed E-state index contributed by atoms with van der Waals surface area (Å²) in [5.74, 6) is 0. The molecule has 0 aliphatic heterocycles. The molecule has 2 N–H and O–H groups in total. The highest BCUT2D eigenvalue weighted by Gasteiger charge is 2.30. The van der Waals surface area contributed by atoms with Crippen LogP contribution in [0, 0.1) is 0 Å². The molecule has 6 heteroatoms. The van der Waals surface area contributed by atoms with Crippen molar-refractivity contribution in [1.29, 1.82) is 0 Å². The van der Waals surface area contributed by atoms with Gasteiger partial charge in [0.25, 0.3) is 0 Å². The summed E-state index contributed by atoms with van der Waals surface area (Å²) in [6.07, 6.45) is 16.5. The van der Waals surface area contributed by atoms with Crippen LogP contribution in [0.1, 0.15) is 118 Å². The molecule has 164 valence electrons. The molecule has 27 heavy (non-hydrogen) atoms. The Morgan fingerprint density at radius 1 is 0.778 bits per heavy atom. The molecule has 5 nitrogen and oxygen atoms in total. The Morgan fingerprint density at radius 3 is 1.70 bits per heavy atom. The number of unbranched alkanes of at least 4 members (excludes halogenated alkanes) is 11. The van der Waals surface area contributed by atoms with Crippen molar-refractivity contribution in [3.63, 3.8) is 0 Å². The third-order valence-corrected chi connectivity index (χ3v) is 6.45. The Kier molecular flexibility index (Phi) is 18.2. The Morgan fingerprint density at radius 2 is 1.26 bits per heavy atom. The summed E-state index contributed by atoms with van der Waals surface area (Å²) in [4.78, 5) is 0. The topological polar surface area (TPSA) is 70.8 Å². The highest BCUT2D eigenvalue weighted by molar-refractivity contribution is 7.48. The average Bonchev–Trinajstić information content (AvgIpc) is 2.62. The lowest BCUT2D eigenvalue weighted by Gasteiger charge is -2.23.